The molecule has 0 aliphatic rings. The highest BCUT2D eigenvalue weighted by molar-refractivity contribution is 7.11. The van der Waals surface area contributed by atoms with E-state index in [2.05, 4.69) is 12.2 Å². The maximum absolute atomic E-state index is 12.1. The minimum absolute atomic E-state index is 0.0675. The fourth-order valence-electron chi connectivity index (χ4n) is 1.90. The van der Waals surface area contributed by atoms with E-state index >= 15 is 0 Å². The summed E-state index contributed by atoms with van der Waals surface area (Å²) >= 11 is 7.72. The van der Waals surface area contributed by atoms with Gasteiger partial charge in [-0.05, 0) is 19.1 Å². The molecule has 19 heavy (non-hydrogen) atoms. The van der Waals surface area contributed by atoms with Gasteiger partial charge in [-0.15, -0.1) is 0 Å². The number of aryl methyl sites for hydroxylation is 2. The van der Waals surface area contributed by atoms with Gasteiger partial charge in [0.15, 0.2) is 5.69 Å². The van der Waals surface area contributed by atoms with Crippen LogP contribution in [-0.4, -0.2) is 5.91 Å². The van der Waals surface area contributed by atoms with Gasteiger partial charge >= 0.3 is 0 Å². The van der Waals surface area contributed by atoms with Crippen LogP contribution in [-0.2, 0) is 11.3 Å². The number of hydrogen-bond donors (Lipinski definition) is 1. The predicted molar refractivity (Wildman–Crippen MR) is 78.8 cm³/mol. The molecule has 0 bridgehead atoms. The molecule has 0 saturated carbocycles. The first-order valence-corrected chi connectivity index (χ1v) is 7.19. The summed E-state index contributed by atoms with van der Waals surface area (Å²) in [5.74, 6) is -0.0675. The van der Waals surface area contributed by atoms with Crippen molar-refractivity contribution < 1.29 is 9.36 Å². The highest BCUT2D eigenvalue weighted by atomic mass is 35.5. The van der Waals surface area contributed by atoms with Crippen LogP contribution in [0.2, 0.25) is 5.02 Å². The maximum Gasteiger partial charge on any atom is 0.290 e. The number of nitrogens with zero attached hydrogens (tertiary/aromatic N) is 1. The van der Waals surface area contributed by atoms with Gasteiger partial charge in [0.1, 0.15) is 0 Å². The number of amides is 1. The molecule has 1 N–H and O–H groups in total. The monoisotopic (exact) mass is 295 g/mol. The van der Waals surface area contributed by atoms with E-state index in [4.69, 9.17) is 11.6 Å². The molecule has 0 spiro atoms. The van der Waals surface area contributed by atoms with Gasteiger partial charge in [-0.2, -0.15) is 4.57 Å². The van der Waals surface area contributed by atoms with Crippen LogP contribution in [0.25, 0.3) is 0 Å². The van der Waals surface area contributed by atoms with Crippen LogP contribution in [0.5, 0.6) is 0 Å². The highest BCUT2D eigenvalue weighted by Gasteiger charge is 2.20. The Bertz CT molecular complexity index is 622. The van der Waals surface area contributed by atoms with Gasteiger partial charge in [0, 0.05) is 13.8 Å². The third kappa shape index (κ3) is 3.14. The zero-order valence-electron chi connectivity index (χ0n) is 11.2. The molecule has 0 radical (unpaired) electrons. The van der Waals surface area contributed by atoms with Crippen molar-refractivity contribution in [3.8, 4) is 0 Å². The van der Waals surface area contributed by atoms with E-state index in [9.17, 15) is 4.79 Å². The van der Waals surface area contributed by atoms with Gasteiger partial charge in [-0.3, -0.25) is 4.79 Å². The van der Waals surface area contributed by atoms with E-state index < -0.39 is 0 Å². The Hall–Kier alpha value is -1.39. The summed E-state index contributed by atoms with van der Waals surface area (Å²) in [5, 5.41) is 4.52. The van der Waals surface area contributed by atoms with E-state index in [0.717, 1.165) is 10.7 Å². The smallest absolute Gasteiger partial charge is 0.290 e. The second-order valence-corrected chi connectivity index (χ2v) is 6.19. The number of para-hydroxylation sites is 1. The quantitative estimate of drug-likeness (QED) is 0.866. The minimum atomic E-state index is -0.0675. The van der Waals surface area contributed by atoms with Gasteiger partial charge in [0.05, 0.1) is 15.6 Å². The average Bonchev–Trinajstić information content (AvgIpc) is 2.59. The second kappa shape index (κ2) is 5.72. The first-order valence-electron chi connectivity index (χ1n) is 6.00. The summed E-state index contributed by atoms with van der Waals surface area (Å²) in [5.41, 5.74) is 1.79. The van der Waals surface area contributed by atoms with Crippen molar-refractivity contribution in [2.24, 2.45) is 0 Å². The molecule has 0 fully saturated rings. The number of benzene rings is 1. The first-order chi connectivity index (χ1) is 8.99. The molecule has 2 rings (SSSR count). The molecule has 1 amide bonds. The molecule has 3 nitrogen and oxygen atoms in total. The zero-order valence-corrected chi connectivity index (χ0v) is 12.7. The Labute approximate surface area is 121 Å². The SMILES string of the molecule is Cc1sc(C)[n+](CC(=O)Nc2ccccc2Cl)c1C. The van der Waals surface area contributed by atoms with E-state index in [0.29, 0.717) is 17.3 Å². The van der Waals surface area contributed by atoms with Gasteiger partial charge < -0.3 is 5.32 Å². The summed E-state index contributed by atoms with van der Waals surface area (Å²) in [6.07, 6.45) is 0. The molecule has 0 saturated heterocycles. The number of nitrogens with one attached hydrogen (secondary N) is 1. The fourth-order valence-corrected chi connectivity index (χ4v) is 3.10. The summed E-state index contributed by atoms with van der Waals surface area (Å²) in [4.78, 5) is 13.3. The maximum atomic E-state index is 12.1. The molecule has 5 heteroatoms. The van der Waals surface area contributed by atoms with Crippen molar-refractivity contribution in [1.29, 1.82) is 0 Å². The number of carbonyl (C=O) groups is 1. The summed E-state index contributed by atoms with van der Waals surface area (Å²) < 4.78 is 2.02. The van der Waals surface area contributed by atoms with E-state index in [1.54, 1.807) is 23.5 Å². The van der Waals surface area contributed by atoms with Crippen molar-refractivity contribution in [3.63, 3.8) is 0 Å². The fraction of sp³-hybridized carbons (Fsp3) is 0.286. The van der Waals surface area contributed by atoms with Crippen LogP contribution in [0.4, 0.5) is 5.69 Å². The Kier molecular flexibility index (Phi) is 4.22. The topological polar surface area (TPSA) is 33.0 Å². The Morgan fingerprint density at radius 3 is 2.58 bits per heavy atom. The lowest BCUT2D eigenvalue weighted by molar-refractivity contribution is -0.691. The third-order valence-electron chi connectivity index (χ3n) is 3.04. The van der Waals surface area contributed by atoms with Crippen molar-refractivity contribution in [3.05, 3.63) is 44.9 Å². The van der Waals surface area contributed by atoms with Crippen molar-refractivity contribution in [1.82, 2.24) is 0 Å². The molecule has 2 aromatic rings. The van der Waals surface area contributed by atoms with Gasteiger partial charge in [0.2, 0.25) is 11.6 Å². The lowest BCUT2D eigenvalue weighted by Crippen LogP contribution is -2.43. The Balaban J connectivity index is 2.12. The number of aromatic nitrogens is 1. The number of thiazole rings is 1. The summed E-state index contributed by atoms with van der Waals surface area (Å²) in [6, 6.07) is 7.24. The van der Waals surface area contributed by atoms with E-state index in [-0.39, 0.29) is 5.91 Å². The zero-order chi connectivity index (χ0) is 14.0. The lowest BCUT2D eigenvalue weighted by Gasteiger charge is -2.05. The molecule has 0 atom stereocenters. The normalized spacial score (nSPS) is 10.5. The van der Waals surface area contributed by atoms with Crippen LogP contribution < -0.4 is 9.88 Å². The van der Waals surface area contributed by atoms with E-state index in [1.807, 2.05) is 30.5 Å². The largest absolute Gasteiger partial charge is 0.319 e. The summed E-state index contributed by atoms with van der Waals surface area (Å²) in [7, 11) is 0. The van der Waals surface area contributed by atoms with Gasteiger partial charge in [-0.1, -0.05) is 35.1 Å². The number of carbonyl (C=O) groups excluding carboxylic acids is 1. The molecular weight excluding hydrogens is 280 g/mol. The molecule has 0 aliphatic heterocycles. The first kappa shape index (κ1) is 14.0. The van der Waals surface area contributed by atoms with Gasteiger partial charge in [-0.25, -0.2) is 0 Å². The summed E-state index contributed by atoms with van der Waals surface area (Å²) in [6.45, 7) is 6.43. The second-order valence-electron chi connectivity index (χ2n) is 4.38. The van der Waals surface area contributed by atoms with E-state index in [1.165, 1.54) is 4.88 Å². The van der Waals surface area contributed by atoms with Crippen LogP contribution in [0, 0.1) is 20.8 Å². The highest BCUT2D eigenvalue weighted by Crippen LogP contribution is 2.20. The van der Waals surface area contributed by atoms with Crippen molar-refractivity contribution in [2.75, 3.05) is 5.32 Å². The Morgan fingerprint density at radius 1 is 1.32 bits per heavy atom. The molecule has 1 aromatic heterocycles. The molecule has 100 valence electrons. The van der Waals surface area contributed by atoms with Crippen LogP contribution in [0.3, 0.4) is 0 Å². The number of halogens is 1. The minimum Gasteiger partial charge on any atom is -0.319 e. The van der Waals surface area contributed by atoms with Crippen molar-refractivity contribution >= 4 is 34.5 Å². The van der Waals surface area contributed by atoms with Crippen LogP contribution in [0.15, 0.2) is 24.3 Å². The third-order valence-corrected chi connectivity index (χ3v) is 4.49. The molecule has 0 aliphatic carbocycles. The molecule has 1 heterocycles. The molecule has 0 unspecified atom stereocenters. The number of rotatable bonds is 3. The number of hydrogen-bond acceptors (Lipinski definition) is 2. The number of anilines is 1. The van der Waals surface area contributed by atoms with Gasteiger partial charge in [0.25, 0.3) is 5.91 Å². The van der Waals surface area contributed by atoms with Crippen molar-refractivity contribution in [2.45, 2.75) is 27.3 Å². The predicted octanol–water partition coefficient (Wildman–Crippen LogP) is 3.25. The molecule has 1 aromatic carbocycles. The standard InChI is InChI=1S/C14H15ClN2OS/c1-9-10(2)19-11(3)17(9)8-14(18)16-13-7-5-4-6-12(13)15/h4-7H,8H2,1-3H3/p+1. The van der Waals surface area contributed by atoms with Crippen LogP contribution in [0.1, 0.15) is 15.6 Å². The lowest BCUT2D eigenvalue weighted by atomic mass is 10.3. The molecular formula is C14H16ClN2OS+. The van der Waals surface area contributed by atoms with Crippen LogP contribution >= 0.6 is 22.9 Å². The average molecular weight is 296 g/mol. The Morgan fingerprint density at radius 2 is 2.00 bits per heavy atom.